The molecular formula is C17H21NO. The normalized spacial score (nSPS) is 24.4. The third-order valence-electron chi connectivity index (χ3n) is 4.41. The van der Waals surface area contributed by atoms with E-state index >= 15 is 0 Å². The van der Waals surface area contributed by atoms with Crippen molar-refractivity contribution >= 4 is 5.78 Å². The van der Waals surface area contributed by atoms with Gasteiger partial charge in [0.1, 0.15) is 0 Å². The number of hydrogen-bond donors (Lipinski definition) is 0. The lowest BCUT2D eigenvalue weighted by Crippen LogP contribution is -2.45. The minimum Gasteiger partial charge on any atom is -0.298 e. The van der Waals surface area contributed by atoms with Gasteiger partial charge in [-0.2, -0.15) is 0 Å². The van der Waals surface area contributed by atoms with Gasteiger partial charge < -0.3 is 0 Å². The molecule has 0 spiro atoms. The fraction of sp³-hybridized carbons (Fsp3) is 0.471. The molecule has 1 aliphatic heterocycles. The Bertz CT molecular complexity index is 532. The van der Waals surface area contributed by atoms with Gasteiger partial charge in [0.05, 0.1) is 6.04 Å². The second-order valence-electron chi connectivity index (χ2n) is 5.94. The van der Waals surface area contributed by atoms with E-state index in [1.54, 1.807) is 0 Å². The summed E-state index contributed by atoms with van der Waals surface area (Å²) in [5.74, 6) is 0.367. The van der Waals surface area contributed by atoms with E-state index in [-0.39, 0.29) is 6.04 Å². The van der Waals surface area contributed by atoms with Crippen LogP contribution in [0.3, 0.4) is 0 Å². The number of rotatable bonds is 1. The van der Waals surface area contributed by atoms with Crippen molar-refractivity contribution in [2.24, 2.45) is 0 Å². The maximum absolute atomic E-state index is 12.2. The van der Waals surface area contributed by atoms with Crippen LogP contribution in [-0.2, 0) is 17.8 Å². The zero-order valence-electron chi connectivity index (χ0n) is 11.6. The lowest BCUT2D eigenvalue weighted by Gasteiger charge is -2.37. The first-order chi connectivity index (χ1) is 9.13. The monoisotopic (exact) mass is 255 g/mol. The van der Waals surface area contributed by atoms with Gasteiger partial charge in [0, 0.05) is 19.5 Å². The van der Waals surface area contributed by atoms with Crippen LogP contribution in [0.25, 0.3) is 0 Å². The molecule has 1 heterocycles. The summed E-state index contributed by atoms with van der Waals surface area (Å²) in [4.78, 5) is 14.5. The molecule has 1 aromatic carbocycles. The summed E-state index contributed by atoms with van der Waals surface area (Å²) in [6.45, 7) is 8.03. The van der Waals surface area contributed by atoms with E-state index in [0.717, 1.165) is 37.9 Å². The number of benzene rings is 1. The molecule has 1 unspecified atom stereocenters. The Kier molecular flexibility index (Phi) is 3.28. The Morgan fingerprint density at radius 1 is 1.26 bits per heavy atom. The molecule has 0 N–H and O–H groups in total. The van der Waals surface area contributed by atoms with Gasteiger partial charge in [0.25, 0.3) is 0 Å². The van der Waals surface area contributed by atoms with Gasteiger partial charge in [0.2, 0.25) is 0 Å². The molecule has 100 valence electrons. The Morgan fingerprint density at radius 2 is 2.11 bits per heavy atom. The van der Waals surface area contributed by atoms with E-state index in [0.29, 0.717) is 12.2 Å². The molecule has 3 rings (SSSR count). The molecule has 0 amide bonds. The minimum atomic E-state index is 0.125. The Morgan fingerprint density at radius 3 is 2.89 bits per heavy atom. The van der Waals surface area contributed by atoms with Crippen molar-refractivity contribution in [2.75, 3.05) is 6.54 Å². The standard InChI is InChI=1S/C17H21NO/c1-12-3-5-15-11-18(8-7-14(15)9-12)16-6-4-13(2)10-17(16)19/h3,5,9,16H,2,4,6-8,10-11H2,1H3. The molecule has 0 saturated heterocycles. The van der Waals surface area contributed by atoms with Gasteiger partial charge in [-0.05, 0) is 37.3 Å². The molecule has 1 aromatic rings. The lowest BCUT2D eigenvalue weighted by atomic mass is 9.87. The molecule has 19 heavy (non-hydrogen) atoms. The number of allylic oxidation sites excluding steroid dienone is 1. The average molecular weight is 255 g/mol. The number of aryl methyl sites for hydroxylation is 1. The second kappa shape index (κ2) is 4.93. The molecule has 2 heteroatoms. The van der Waals surface area contributed by atoms with Crippen LogP contribution >= 0.6 is 0 Å². The predicted molar refractivity (Wildman–Crippen MR) is 77.1 cm³/mol. The molecular weight excluding hydrogens is 234 g/mol. The third-order valence-corrected chi connectivity index (χ3v) is 4.41. The van der Waals surface area contributed by atoms with E-state index in [2.05, 4.69) is 36.6 Å². The van der Waals surface area contributed by atoms with Crippen molar-refractivity contribution < 1.29 is 4.79 Å². The molecule has 0 bridgehead atoms. The molecule has 2 aliphatic rings. The summed E-state index contributed by atoms with van der Waals surface area (Å²) in [6, 6.07) is 6.81. The van der Waals surface area contributed by atoms with E-state index in [1.807, 2.05) is 0 Å². The lowest BCUT2D eigenvalue weighted by molar-refractivity contribution is -0.125. The molecule has 0 aromatic heterocycles. The topological polar surface area (TPSA) is 20.3 Å². The van der Waals surface area contributed by atoms with Gasteiger partial charge in [-0.25, -0.2) is 0 Å². The van der Waals surface area contributed by atoms with Crippen LogP contribution in [0.5, 0.6) is 0 Å². The van der Waals surface area contributed by atoms with E-state index < -0.39 is 0 Å². The van der Waals surface area contributed by atoms with Gasteiger partial charge in [-0.1, -0.05) is 35.9 Å². The average Bonchev–Trinajstić information content (AvgIpc) is 2.38. The first-order valence-corrected chi connectivity index (χ1v) is 7.15. The summed E-state index contributed by atoms with van der Waals surface area (Å²) < 4.78 is 0. The first-order valence-electron chi connectivity index (χ1n) is 7.15. The van der Waals surface area contributed by atoms with Crippen molar-refractivity contribution in [1.82, 2.24) is 4.90 Å². The summed E-state index contributed by atoms with van der Waals surface area (Å²) in [6.07, 6.45) is 3.62. The highest BCUT2D eigenvalue weighted by molar-refractivity contribution is 5.87. The van der Waals surface area contributed by atoms with E-state index in [9.17, 15) is 4.79 Å². The molecule has 1 fully saturated rings. The van der Waals surface area contributed by atoms with Crippen LogP contribution in [0.4, 0.5) is 0 Å². The molecule has 1 aliphatic carbocycles. The van der Waals surface area contributed by atoms with Crippen LogP contribution in [0, 0.1) is 6.92 Å². The Balaban J connectivity index is 1.77. The third kappa shape index (κ3) is 2.50. The van der Waals surface area contributed by atoms with Crippen LogP contribution in [-0.4, -0.2) is 23.3 Å². The Labute approximate surface area is 115 Å². The maximum atomic E-state index is 12.2. The highest BCUT2D eigenvalue weighted by Gasteiger charge is 2.31. The summed E-state index contributed by atoms with van der Waals surface area (Å²) in [7, 11) is 0. The van der Waals surface area contributed by atoms with Crippen LogP contribution in [0.1, 0.15) is 36.0 Å². The maximum Gasteiger partial charge on any atom is 0.153 e. The minimum absolute atomic E-state index is 0.125. The number of carbonyl (C=O) groups excluding carboxylic acids is 1. The Hall–Kier alpha value is -1.41. The van der Waals surface area contributed by atoms with Crippen molar-refractivity contribution in [1.29, 1.82) is 0 Å². The number of carbonyl (C=O) groups is 1. The van der Waals surface area contributed by atoms with Crippen LogP contribution in [0.15, 0.2) is 30.4 Å². The highest BCUT2D eigenvalue weighted by Crippen LogP contribution is 2.28. The van der Waals surface area contributed by atoms with Gasteiger partial charge in [0.15, 0.2) is 5.78 Å². The smallest absolute Gasteiger partial charge is 0.153 e. The number of hydrogen-bond acceptors (Lipinski definition) is 2. The van der Waals surface area contributed by atoms with Crippen molar-refractivity contribution in [3.05, 3.63) is 47.0 Å². The fourth-order valence-corrected chi connectivity index (χ4v) is 3.31. The number of Topliss-reactive ketones (excluding diaryl/α,β-unsaturated/α-hetero) is 1. The van der Waals surface area contributed by atoms with E-state index in [4.69, 9.17) is 0 Å². The number of ketones is 1. The quantitative estimate of drug-likeness (QED) is 0.719. The summed E-state index contributed by atoms with van der Waals surface area (Å²) >= 11 is 0. The zero-order chi connectivity index (χ0) is 13.4. The molecule has 2 nitrogen and oxygen atoms in total. The van der Waals surface area contributed by atoms with Crippen molar-refractivity contribution in [3.63, 3.8) is 0 Å². The second-order valence-corrected chi connectivity index (χ2v) is 5.94. The van der Waals surface area contributed by atoms with Crippen LogP contribution in [0.2, 0.25) is 0 Å². The first kappa shape index (κ1) is 12.6. The summed E-state index contributed by atoms with van der Waals surface area (Å²) in [5.41, 5.74) is 5.30. The number of fused-ring (bicyclic) bond motifs is 1. The number of nitrogens with zero attached hydrogens (tertiary/aromatic N) is 1. The largest absolute Gasteiger partial charge is 0.298 e. The predicted octanol–water partition coefficient (Wildman–Crippen LogP) is 3.03. The highest BCUT2D eigenvalue weighted by atomic mass is 16.1. The summed E-state index contributed by atoms with van der Waals surface area (Å²) in [5, 5.41) is 0. The fourth-order valence-electron chi connectivity index (χ4n) is 3.31. The van der Waals surface area contributed by atoms with Gasteiger partial charge >= 0.3 is 0 Å². The SMILES string of the molecule is C=C1CCC(N2CCc3cc(C)ccc3C2)C(=O)C1. The van der Waals surface area contributed by atoms with Gasteiger partial charge in [-0.3, -0.25) is 9.69 Å². The zero-order valence-corrected chi connectivity index (χ0v) is 11.6. The van der Waals surface area contributed by atoms with Gasteiger partial charge in [-0.15, -0.1) is 0 Å². The van der Waals surface area contributed by atoms with Crippen molar-refractivity contribution in [2.45, 2.75) is 45.2 Å². The molecule has 0 radical (unpaired) electrons. The van der Waals surface area contributed by atoms with Crippen molar-refractivity contribution in [3.8, 4) is 0 Å². The van der Waals surface area contributed by atoms with Crippen LogP contribution < -0.4 is 0 Å². The molecule has 1 atom stereocenters. The molecule has 1 saturated carbocycles. The van der Waals surface area contributed by atoms with E-state index in [1.165, 1.54) is 16.7 Å².